The van der Waals surface area contributed by atoms with E-state index < -0.39 is 11.7 Å². The summed E-state index contributed by atoms with van der Waals surface area (Å²) in [6, 6.07) is 6.44. The topological polar surface area (TPSA) is 66.9 Å². The molecule has 0 bridgehead atoms. The first-order valence-electron chi connectivity index (χ1n) is 7.07. The summed E-state index contributed by atoms with van der Waals surface area (Å²) in [5.74, 6) is 0.324. The SMILES string of the molecule is CCCC(=O)Nc1ccc(Nc2ccc(Cl)c(C(F)(F)F)c2)nn1. The summed E-state index contributed by atoms with van der Waals surface area (Å²) in [5.41, 5.74) is -0.769. The van der Waals surface area contributed by atoms with Crippen LogP contribution in [0.1, 0.15) is 25.3 Å². The van der Waals surface area contributed by atoms with E-state index in [0.717, 1.165) is 12.1 Å². The molecule has 0 atom stereocenters. The van der Waals surface area contributed by atoms with E-state index in [9.17, 15) is 18.0 Å². The van der Waals surface area contributed by atoms with Crippen LogP contribution in [0.5, 0.6) is 0 Å². The van der Waals surface area contributed by atoms with Crippen LogP contribution >= 0.6 is 11.6 Å². The highest BCUT2D eigenvalue weighted by atomic mass is 35.5. The summed E-state index contributed by atoms with van der Waals surface area (Å²) in [6.45, 7) is 1.87. The molecule has 0 fully saturated rings. The minimum absolute atomic E-state index is 0.170. The van der Waals surface area contributed by atoms with Gasteiger partial charge in [-0.1, -0.05) is 18.5 Å². The Morgan fingerprint density at radius 3 is 2.42 bits per heavy atom. The molecule has 2 rings (SSSR count). The van der Waals surface area contributed by atoms with Gasteiger partial charge in [0.2, 0.25) is 5.91 Å². The van der Waals surface area contributed by atoms with Crippen molar-refractivity contribution in [3.63, 3.8) is 0 Å². The highest BCUT2D eigenvalue weighted by Crippen LogP contribution is 2.36. The normalized spacial score (nSPS) is 11.2. The lowest BCUT2D eigenvalue weighted by molar-refractivity contribution is -0.137. The fraction of sp³-hybridized carbons (Fsp3) is 0.267. The van der Waals surface area contributed by atoms with Crippen LogP contribution in [0.2, 0.25) is 5.02 Å². The zero-order valence-corrected chi connectivity index (χ0v) is 13.4. The second-order valence-electron chi connectivity index (χ2n) is 4.92. The van der Waals surface area contributed by atoms with Crippen molar-refractivity contribution in [3.05, 3.63) is 40.9 Å². The Morgan fingerprint density at radius 1 is 1.17 bits per heavy atom. The molecular weight excluding hydrogens is 345 g/mol. The van der Waals surface area contributed by atoms with Gasteiger partial charge in [0.1, 0.15) is 0 Å². The number of carbonyl (C=O) groups excluding carboxylic acids is 1. The van der Waals surface area contributed by atoms with Gasteiger partial charge in [-0.3, -0.25) is 4.79 Å². The summed E-state index contributed by atoms with van der Waals surface area (Å²) >= 11 is 5.56. The standard InChI is InChI=1S/C15H14ClF3N4O/c1-2-3-14(24)21-13-7-6-12(22-23-13)20-9-4-5-11(16)10(8-9)15(17,18)19/h4-8H,2-3H2,1H3,(H,20,22)(H,21,23,24). The summed E-state index contributed by atoms with van der Waals surface area (Å²) in [4.78, 5) is 11.4. The van der Waals surface area contributed by atoms with E-state index in [1.165, 1.54) is 18.2 Å². The number of nitrogens with zero attached hydrogens (tertiary/aromatic N) is 2. The monoisotopic (exact) mass is 358 g/mol. The largest absolute Gasteiger partial charge is 0.417 e. The van der Waals surface area contributed by atoms with Crippen LogP contribution < -0.4 is 10.6 Å². The number of anilines is 3. The van der Waals surface area contributed by atoms with Crippen molar-refractivity contribution < 1.29 is 18.0 Å². The predicted molar refractivity (Wildman–Crippen MR) is 85.3 cm³/mol. The third-order valence-corrected chi connectivity index (χ3v) is 3.28. The fourth-order valence-corrected chi connectivity index (χ4v) is 2.09. The summed E-state index contributed by atoms with van der Waals surface area (Å²) in [7, 11) is 0. The predicted octanol–water partition coefficient (Wildman–Crippen LogP) is 4.63. The zero-order chi connectivity index (χ0) is 17.7. The van der Waals surface area contributed by atoms with Gasteiger partial charge in [-0.15, -0.1) is 10.2 Å². The maximum absolute atomic E-state index is 12.8. The van der Waals surface area contributed by atoms with Crippen LogP contribution in [-0.2, 0) is 11.0 Å². The summed E-state index contributed by atoms with van der Waals surface area (Å²) in [5, 5.41) is 12.5. The molecule has 1 aromatic heterocycles. The lowest BCUT2D eigenvalue weighted by Gasteiger charge is -2.12. The molecule has 24 heavy (non-hydrogen) atoms. The van der Waals surface area contributed by atoms with Gasteiger partial charge in [0.05, 0.1) is 10.6 Å². The number of carbonyl (C=O) groups is 1. The maximum Gasteiger partial charge on any atom is 0.417 e. The van der Waals surface area contributed by atoms with Gasteiger partial charge in [0.15, 0.2) is 11.6 Å². The third-order valence-electron chi connectivity index (χ3n) is 2.95. The molecule has 0 aliphatic rings. The van der Waals surface area contributed by atoms with E-state index in [0.29, 0.717) is 12.8 Å². The highest BCUT2D eigenvalue weighted by molar-refractivity contribution is 6.31. The van der Waals surface area contributed by atoms with Crippen molar-refractivity contribution in [1.82, 2.24) is 10.2 Å². The van der Waals surface area contributed by atoms with E-state index in [1.807, 2.05) is 6.92 Å². The van der Waals surface area contributed by atoms with Gasteiger partial charge < -0.3 is 10.6 Å². The van der Waals surface area contributed by atoms with Gasteiger partial charge in [0.25, 0.3) is 0 Å². The van der Waals surface area contributed by atoms with Crippen LogP contribution in [-0.4, -0.2) is 16.1 Å². The van der Waals surface area contributed by atoms with Crippen LogP contribution in [0, 0.1) is 0 Å². The number of amides is 1. The molecule has 0 unspecified atom stereocenters. The second kappa shape index (κ2) is 7.48. The van der Waals surface area contributed by atoms with Crippen molar-refractivity contribution in [2.75, 3.05) is 10.6 Å². The van der Waals surface area contributed by atoms with E-state index in [2.05, 4.69) is 20.8 Å². The Morgan fingerprint density at radius 2 is 1.83 bits per heavy atom. The molecule has 0 aliphatic carbocycles. The lowest BCUT2D eigenvalue weighted by atomic mass is 10.2. The molecule has 2 aromatic rings. The number of nitrogens with one attached hydrogen (secondary N) is 2. The van der Waals surface area contributed by atoms with Gasteiger partial charge in [-0.25, -0.2) is 0 Å². The third kappa shape index (κ3) is 4.82. The van der Waals surface area contributed by atoms with Crippen LogP contribution in [0.4, 0.5) is 30.5 Å². The molecule has 2 N–H and O–H groups in total. The Labute approximate surface area is 141 Å². The van der Waals surface area contributed by atoms with E-state index in [1.54, 1.807) is 0 Å². The number of halogens is 4. The van der Waals surface area contributed by atoms with Crippen molar-refractivity contribution in [2.24, 2.45) is 0 Å². The quantitative estimate of drug-likeness (QED) is 0.817. The molecule has 0 aliphatic heterocycles. The average molecular weight is 359 g/mol. The van der Waals surface area contributed by atoms with Gasteiger partial charge in [-0.05, 0) is 36.8 Å². The number of aromatic nitrogens is 2. The van der Waals surface area contributed by atoms with Crippen molar-refractivity contribution in [3.8, 4) is 0 Å². The number of alkyl halides is 3. The van der Waals surface area contributed by atoms with Crippen molar-refractivity contribution in [2.45, 2.75) is 25.9 Å². The minimum Gasteiger partial charge on any atom is -0.339 e. The Bertz CT molecular complexity index is 720. The number of hydrogen-bond donors (Lipinski definition) is 2. The number of benzene rings is 1. The molecule has 5 nitrogen and oxygen atoms in total. The molecule has 128 valence electrons. The number of rotatable bonds is 5. The van der Waals surface area contributed by atoms with Crippen molar-refractivity contribution in [1.29, 1.82) is 0 Å². The Hall–Kier alpha value is -2.35. The molecule has 1 aromatic carbocycles. The first kappa shape index (κ1) is 18.0. The maximum atomic E-state index is 12.8. The van der Waals surface area contributed by atoms with Crippen molar-refractivity contribution >= 4 is 34.8 Å². The Balaban J connectivity index is 2.10. The van der Waals surface area contributed by atoms with E-state index >= 15 is 0 Å². The molecule has 0 spiro atoms. The van der Waals surface area contributed by atoms with Crippen LogP contribution in [0.3, 0.4) is 0 Å². The molecule has 1 amide bonds. The molecule has 9 heteroatoms. The smallest absolute Gasteiger partial charge is 0.339 e. The summed E-state index contributed by atoms with van der Waals surface area (Å²) in [6.07, 6.45) is -3.47. The highest BCUT2D eigenvalue weighted by Gasteiger charge is 2.33. The van der Waals surface area contributed by atoms with E-state index in [-0.39, 0.29) is 28.3 Å². The van der Waals surface area contributed by atoms with E-state index in [4.69, 9.17) is 11.6 Å². The lowest BCUT2D eigenvalue weighted by Crippen LogP contribution is -2.12. The second-order valence-corrected chi connectivity index (χ2v) is 5.33. The van der Waals surface area contributed by atoms with Gasteiger partial charge in [-0.2, -0.15) is 13.2 Å². The molecule has 0 saturated carbocycles. The van der Waals surface area contributed by atoms with Gasteiger partial charge in [0, 0.05) is 12.1 Å². The van der Waals surface area contributed by atoms with Crippen LogP contribution in [0.25, 0.3) is 0 Å². The molecular formula is C15H14ClF3N4O. The summed E-state index contributed by atoms with van der Waals surface area (Å²) < 4.78 is 38.5. The molecule has 0 radical (unpaired) electrons. The fourth-order valence-electron chi connectivity index (χ4n) is 1.87. The first-order valence-corrected chi connectivity index (χ1v) is 7.44. The first-order chi connectivity index (χ1) is 11.3. The average Bonchev–Trinajstić information content (AvgIpc) is 2.50. The Kier molecular flexibility index (Phi) is 5.61. The van der Waals surface area contributed by atoms with Crippen LogP contribution in [0.15, 0.2) is 30.3 Å². The van der Waals surface area contributed by atoms with Gasteiger partial charge >= 0.3 is 6.18 Å². The minimum atomic E-state index is -4.55. The molecule has 1 heterocycles. The molecule has 0 saturated heterocycles. The number of hydrogen-bond acceptors (Lipinski definition) is 4. The zero-order valence-electron chi connectivity index (χ0n) is 12.6.